The van der Waals surface area contributed by atoms with Crippen LogP contribution >= 0.6 is 11.3 Å². The zero-order valence-corrected chi connectivity index (χ0v) is 9.79. The molecule has 1 aromatic carbocycles. The number of nitriles is 1. The molecule has 2 rings (SSSR count). The number of nitrogens with zero attached hydrogens (tertiary/aromatic N) is 2. The minimum absolute atomic E-state index is 0.402. The van der Waals surface area contributed by atoms with Crippen LogP contribution in [0.5, 0.6) is 0 Å². The van der Waals surface area contributed by atoms with Crippen LogP contribution in [0.4, 0.5) is 5.13 Å². The van der Waals surface area contributed by atoms with Crippen molar-refractivity contribution in [3.8, 4) is 17.9 Å². The summed E-state index contributed by atoms with van der Waals surface area (Å²) in [4.78, 5) is 4.05. The first-order valence-electron chi connectivity index (χ1n) is 4.97. The van der Waals surface area contributed by atoms with Gasteiger partial charge in [0.05, 0.1) is 12.5 Å². The molecule has 2 aromatic rings. The van der Waals surface area contributed by atoms with E-state index in [4.69, 9.17) is 11.0 Å². The van der Waals surface area contributed by atoms with Crippen molar-refractivity contribution in [2.75, 3.05) is 5.73 Å². The van der Waals surface area contributed by atoms with Gasteiger partial charge in [-0.2, -0.15) is 5.26 Å². The Labute approximate surface area is 104 Å². The van der Waals surface area contributed by atoms with E-state index in [1.54, 1.807) is 0 Å². The maximum atomic E-state index is 8.61. The molecule has 0 amide bonds. The highest BCUT2D eigenvalue weighted by Crippen LogP contribution is 2.10. The molecule has 0 bridgehead atoms. The molecule has 3 nitrogen and oxygen atoms in total. The van der Waals surface area contributed by atoms with E-state index < -0.39 is 0 Å². The summed E-state index contributed by atoms with van der Waals surface area (Å²) in [6, 6.07) is 9.73. The Morgan fingerprint density at radius 2 is 2.24 bits per heavy atom. The normalized spacial score (nSPS) is 9.12. The summed E-state index contributed by atoms with van der Waals surface area (Å²) in [5, 5.41) is 11.0. The largest absolute Gasteiger partial charge is 0.375 e. The van der Waals surface area contributed by atoms with E-state index in [2.05, 4.69) is 22.9 Å². The molecule has 0 spiro atoms. The van der Waals surface area contributed by atoms with Gasteiger partial charge in [-0.15, -0.1) is 11.3 Å². The van der Waals surface area contributed by atoms with Crippen molar-refractivity contribution in [1.82, 2.24) is 4.98 Å². The molecule has 0 unspecified atom stereocenters. The molecule has 1 aromatic heterocycles. The van der Waals surface area contributed by atoms with Gasteiger partial charge >= 0.3 is 0 Å². The van der Waals surface area contributed by atoms with E-state index in [1.165, 1.54) is 11.3 Å². The number of rotatable bonds is 1. The molecule has 0 aliphatic rings. The lowest BCUT2D eigenvalue weighted by atomic mass is 10.1. The van der Waals surface area contributed by atoms with Crippen LogP contribution in [0.15, 0.2) is 29.6 Å². The fourth-order valence-corrected chi connectivity index (χ4v) is 1.83. The zero-order chi connectivity index (χ0) is 12.1. The van der Waals surface area contributed by atoms with Gasteiger partial charge in [0.1, 0.15) is 5.69 Å². The number of hydrogen-bond acceptors (Lipinski definition) is 4. The summed E-state index contributed by atoms with van der Waals surface area (Å²) in [7, 11) is 0. The van der Waals surface area contributed by atoms with Gasteiger partial charge in [-0.3, -0.25) is 0 Å². The fraction of sp³-hybridized carbons (Fsp3) is 0.0769. The van der Waals surface area contributed by atoms with Gasteiger partial charge in [-0.25, -0.2) is 4.98 Å². The van der Waals surface area contributed by atoms with Crippen molar-refractivity contribution in [2.24, 2.45) is 0 Å². The lowest BCUT2D eigenvalue weighted by Crippen LogP contribution is -1.84. The van der Waals surface area contributed by atoms with Crippen LogP contribution in [-0.4, -0.2) is 4.98 Å². The van der Waals surface area contributed by atoms with Crippen LogP contribution < -0.4 is 5.73 Å². The van der Waals surface area contributed by atoms with Crippen LogP contribution in [0, 0.1) is 23.2 Å². The summed E-state index contributed by atoms with van der Waals surface area (Å²) in [6.45, 7) is 0. The van der Waals surface area contributed by atoms with Crippen molar-refractivity contribution in [3.05, 3.63) is 46.5 Å². The molecular formula is C13H9N3S. The Morgan fingerprint density at radius 3 is 2.94 bits per heavy atom. The van der Waals surface area contributed by atoms with Crippen LogP contribution in [0.3, 0.4) is 0 Å². The van der Waals surface area contributed by atoms with Crippen molar-refractivity contribution in [2.45, 2.75) is 6.42 Å². The first kappa shape index (κ1) is 11.2. The Morgan fingerprint density at radius 1 is 1.35 bits per heavy atom. The van der Waals surface area contributed by atoms with Gasteiger partial charge in [0.25, 0.3) is 0 Å². The average molecular weight is 239 g/mol. The molecule has 0 saturated carbocycles. The standard InChI is InChI=1S/C13H9N3S/c14-7-6-11-3-1-2-10(8-11)4-5-12-9-17-13(15)16-12/h1-3,8-9H,6H2,(H2,15,16). The number of thiazole rings is 1. The third kappa shape index (κ3) is 3.07. The number of benzene rings is 1. The second-order valence-corrected chi connectivity index (χ2v) is 4.25. The molecule has 82 valence electrons. The average Bonchev–Trinajstić information content (AvgIpc) is 2.74. The highest BCUT2D eigenvalue weighted by atomic mass is 32.1. The van der Waals surface area contributed by atoms with Gasteiger partial charge in [0.2, 0.25) is 0 Å². The first-order chi connectivity index (χ1) is 8.28. The minimum Gasteiger partial charge on any atom is -0.375 e. The summed E-state index contributed by atoms with van der Waals surface area (Å²) in [5.74, 6) is 5.94. The topological polar surface area (TPSA) is 62.7 Å². The molecule has 1 heterocycles. The quantitative estimate of drug-likeness (QED) is 0.776. The van der Waals surface area contributed by atoms with Crippen molar-refractivity contribution >= 4 is 16.5 Å². The van der Waals surface area contributed by atoms with Crippen molar-refractivity contribution < 1.29 is 0 Å². The number of nitrogens with two attached hydrogens (primary N) is 1. The second kappa shape index (κ2) is 5.16. The molecular weight excluding hydrogens is 230 g/mol. The van der Waals surface area contributed by atoms with E-state index in [-0.39, 0.29) is 0 Å². The monoisotopic (exact) mass is 239 g/mol. The van der Waals surface area contributed by atoms with Gasteiger partial charge in [0, 0.05) is 10.9 Å². The fourth-order valence-electron chi connectivity index (χ4n) is 1.33. The Hall–Kier alpha value is -2.30. The maximum Gasteiger partial charge on any atom is 0.181 e. The van der Waals surface area contributed by atoms with Gasteiger partial charge in [-0.1, -0.05) is 18.1 Å². The number of hydrogen-bond donors (Lipinski definition) is 1. The van der Waals surface area contributed by atoms with E-state index in [1.807, 2.05) is 29.6 Å². The molecule has 0 aliphatic heterocycles. The highest BCUT2D eigenvalue weighted by Gasteiger charge is 1.94. The molecule has 0 saturated heterocycles. The minimum atomic E-state index is 0.402. The van der Waals surface area contributed by atoms with Crippen LogP contribution in [-0.2, 0) is 6.42 Å². The molecule has 0 atom stereocenters. The smallest absolute Gasteiger partial charge is 0.181 e. The second-order valence-electron chi connectivity index (χ2n) is 3.36. The zero-order valence-electron chi connectivity index (χ0n) is 8.97. The maximum absolute atomic E-state index is 8.61. The summed E-state index contributed by atoms with van der Waals surface area (Å²) < 4.78 is 0. The predicted molar refractivity (Wildman–Crippen MR) is 68.3 cm³/mol. The summed E-state index contributed by atoms with van der Waals surface area (Å²) in [5.41, 5.74) is 8.04. The van der Waals surface area contributed by atoms with E-state index in [0.717, 1.165) is 11.1 Å². The lowest BCUT2D eigenvalue weighted by molar-refractivity contribution is 1.26. The van der Waals surface area contributed by atoms with Gasteiger partial charge < -0.3 is 5.73 Å². The Balaban J connectivity index is 2.22. The molecule has 17 heavy (non-hydrogen) atoms. The van der Waals surface area contributed by atoms with Gasteiger partial charge in [0.15, 0.2) is 5.13 Å². The first-order valence-corrected chi connectivity index (χ1v) is 5.85. The molecule has 0 fully saturated rings. The van der Waals surface area contributed by atoms with E-state index in [0.29, 0.717) is 17.2 Å². The van der Waals surface area contributed by atoms with Gasteiger partial charge in [-0.05, 0) is 23.6 Å². The SMILES string of the molecule is N#CCc1cccc(C#Cc2csc(N)n2)c1. The third-order valence-corrected chi connectivity index (χ3v) is 2.74. The molecule has 0 aliphatic carbocycles. The molecule has 4 heteroatoms. The summed E-state index contributed by atoms with van der Waals surface area (Å²) in [6.07, 6.45) is 0.402. The highest BCUT2D eigenvalue weighted by molar-refractivity contribution is 7.13. The third-order valence-electron chi connectivity index (χ3n) is 2.07. The number of anilines is 1. The number of aromatic nitrogens is 1. The Bertz CT molecular complexity index is 626. The van der Waals surface area contributed by atoms with Crippen LogP contribution in [0.2, 0.25) is 0 Å². The van der Waals surface area contributed by atoms with E-state index >= 15 is 0 Å². The summed E-state index contributed by atoms with van der Waals surface area (Å²) >= 11 is 1.37. The van der Waals surface area contributed by atoms with Crippen molar-refractivity contribution in [3.63, 3.8) is 0 Å². The number of nitrogen functional groups attached to an aromatic ring is 1. The van der Waals surface area contributed by atoms with Crippen molar-refractivity contribution in [1.29, 1.82) is 5.26 Å². The molecule has 2 N–H and O–H groups in total. The Kier molecular flexibility index (Phi) is 3.40. The van der Waals surface area contributed by atoms with E-state index in [9.17, 15) is 0 Å². The predicted octanol–water partition coefficient (Wildman–Crippen LogP) is 2.19. The van der Waals surface area contributed by atoms with Crippen LogP contribution in [0.1, 0.15) is 16.8 Å². The lowest BCUT2D eigenvalue weighted by Gasteiger charge is -1.94. The molecule has 0 radical (unpaired) electrons. The van der Waals surface area contributed by atoms with Crippen LogP contribution in [0.25, 0.3) is 0 Å².